The van der Waals surface area contributed by atoms with Gasteiger partial charge in [0.05, 0.1) is 12.7 Å². The molecule has 1 aromatic rings. The molecule has 14 heavy (non-hydrogen) atoms. The van der Waals surface area contributed by atoms with Crippen molar-refractivity contribution in [3.8, 4) is 5.88 Å². The van der Waals surface area contributed by atoms with Gasteiger partial charge in [-0.1, -0.05) is 25.4 Å². The fourth-order valence-electron chi connectivity index (χ4n) is 1.18. The topological polar surface area (TPSA) is 55.2 Å². The molecule has 0 bridgehead atoms. The molecular weight excluding hydrogens is 204 g/mol. The van der Waals surface area contributed by atoms with E-state index in [9.17, 15) is 0 Å². The molecule has 1 aromatic heterocycles. The van der Waals surface area contributed by atoms with Crippen LogP contribution in [-0.4, -0.2) is 22.2 Å². The second-order valence-electron chi connectivity index (χ2n) is 3.17. The molecule has 5 heteroatoms. The standard InChI is InChI=1S/C9H13ClN2O2/c1-5(2)7-8(10)11-6(4-13)12-9(7)14-3/h5,13H,4H2,1-3H3. The summed E-state index contributed by atoms with van der Waals surface area (Å²) in [6.07, 6.45) is 0. The molecule has 1 rings (SSSR count). The monoisotopic (exact) mass is 216 g/mol. The lowest BCUT2D eigenvalue weighted by Crippen LogP contribution is -2.04. The van der Waals surface area contributed by atoms with Gasteiger partial charge in [-0.05, 0) is 5.92 Å². The number of hydrogen-bond acceptors (Lipinski definition) is 4. The number of aromatic nitrogens is 2. The number of rotatable bonds is 3. The van der Waals surface area contributed by atoms with Crippen LogP contribution in [0.4, 0.5) is 0 Å². The molecule has 0 fully saturated rings. The summed E-state index contributed by atoms with van der Waals surface area (Å²) in [5.41, 5.74) is 0.770. The molecule has 0 aliphatic carbocycles. The molecule has 0 aliphatic rings. The minimum absolute atomic E-state index is 0.185. The van der Waals surface area contributed by atoms with E-state index in [1.54, 1.807) is 0 Å². The van der Waals surface area contributed by atoms with Gasteiger partial charge in [-0.25, -0.2) is 4.98 Å². The number of hydrogen-bond donors (Lipinski definition) is 1. The largest absolute Gasteiger partial charge is 0.481 e. The molecule has 0 spiro atoms. The number of aliphatic hydroxyl groups excluding tert-OH is 1. The van der Waals surface area contributed by atoms with Crippen molar-refractivity contribution in [2.24, 2.45) is 0 Å². The lowest BCUT2D eigenvalue weighted by molar-refractivity contribution is 0.268. The molecule has 0 saturated carbocycles. The number of methoxy groups -OCH3 is 1. The second-order valence-corrected chi connectivity index (χ2v) is 3.52. The van der Waals surface area contributed by atoms with Crippen molar-refractivity contribution >= 4 is 11.6 Å². The highest BCUT2D eigenvalue weighted by Crippen LogP contribution is 2.30. The first-order chi connectivity index (χ1) is 6.60. The Hall–Kier alpha value is -0.870. The first kappa shape index (κ1) is 11.2. The van der Waals surface area contributed by atoms with Gasteiger partial charge in [-0.2, -0.15) is 4.98 Å². The molecule has 0 atom stereocenters. The molecule has 78 valence electrons. The summed E-state index contributed by atoms with van der Waals surface area (Å²) in [4.78, 5) is 7.97. The summed E-state index contributed by atoms with van der Waals surface area (Å²) in [7, 11) is 1.52. The van der Waals surface area contributed by atoms with Crippen molar-refractivity contribution in [2.45, 2.75) is 26.4 Å². The van der Waals surface area contributed by atoms with Crippen LogP contribution in [0.25, 0.3) is 0 Å². The van der Waals surface area contributed by atoms with Gasteiger partial charge in [0.1, 0.15) is 11.8 Å². The van der Waals surface area contributed by atoms with E-state index >= 15 is 0 Å². The maximum Gasteiger partial charge on any atom is 0.221 e. The molecule has 0 amide bonds. The van der Waals surface area contributed by atoms with Crippen LogP contribution in [0.5, 0.6) is 5.88 Å². The van der Waals surface area contributed by atoms with Gasteiger partial charge < -0.3 is 9.84 Å². The summed E-state index contributed by atoms with van der Waals surface area (Å²) < 4.78 is 5.08. The van der Waals surface area contributed by atoms with Gasteiger partial charge in [-0.3, -0.25) is 0 Å². The Morgan fingerprint density at radius 2 is 2.07 bits per heavy atom. The zero-order valence-electron chi connectivity index (χ0n) is 8.41. The number of nitrogens with zero attached hydrogens (tertiary/aromatic N) is 2. The van der Waals surface area contributed by atoms with Gasteiger partial charge in [0.15, 0.2) is 5.82 Å². The predicted molar refractivity (Wildman–Crippen MR) is 53.6 cm³/mol. The predicted octanol–water partition coefficient (Wildman–Crippen LogP) is 1.75. The lowest BCUT2D eigenvalue weighted by atomic mass is 10.1. The van der Waals surface area contributed by atoms with E-state index in [4.69, 9.17) is 21.4 Å². The number of halogens is 1. The van der Waals surface area contributed by atoms with Crippen LogP contribution in [0.1, 0.15) is 31.2 Å². The molecule has 0 aliphatic heterocycles. The first-order valence-corrected chi connectivity index (χ1v) is 4.69. The van der Waals surface area contributed by atoms with E-state index in [1.807, 2.05) is 13.8 Å². The molecular formula is C9H13ClN2O2. The number of ether oxygens (including phenoxy) is 1. The molecule has 1 N–H and O–H groups in total. The van der Waals surface area contributed by atoms with Crippen LogP contribution < -0.4 is 4.74 Å². The Morgan fingerprint density at radius 3 is 2.50 bits per heavy atom. The van der Waals surface area contributed by atoms with Gasteiger partial charge in [0, 0.05) is 0 Å². The van der Waals surface area contributed by atoms with Crippen molar-refractivity contribution in [3.63, 3.8) is 0 Å². The van der Waals surface area contributed by atoms with E-state index in [2.05, 4.69) is 9.97 Å². The zero-order valence-corrected chi connectivity index (χ0v) is 9.17. The van der Waals surface area contributed by atoms with Crippen LogP contribution in [0.15, 0.2) is 0 Å². The Balaban J connectivity index is 3.27. The SMILES string of the molecule is COc1nc(CO)nc(Cl)c1C(C)C. The Bertz CT molecular complexity index is 329. The van der Waals surface area contributed by atoms with E-state index in [1.165, 1.54) is 7.11 Å². The maximum absolute atomic E-state index is 8.87. The average Bonchev–Trinajstić information content (AvgIpc) is 2.15. The highest BCUT2D eigenvalue weighted by Gasteiger charge is 2.16. The van der Waals surface area contributed by atoms with Gasteiger partial charge in [-0.15, -0.1) is 0 Å². The number of aliphatic hydroxyl groups is 1. The normalized spacial score (nSPS) is 10.7. The van der Waals surface area contributed by atoms with Crippen LogP contribution in [0, 0.1) is 0 Å². The fourth-order valence-corrected chi connectivity index (χ4v) is 1.57. The third-order valence-electron chi connectivity index (χ3n) is 1.82. The molecule has 0 unspecified atom stereocenters. The maximum atomic E-state index is 8.87. The molecule has 4 nitrogen and oxygen atoms in total. The molecule has 0 aromatic carbocycles. The Kier molecular flexibility index (Phi) is 3.66. The summed E-state index contributed by atoms with van der Waals surface area (Å²) in [6, 6.07) is 0. The quantitative estimate of drug-likeness (QED) is 0.783. The minimum atomic E-state index is -0.242. The summed E-state index contributed by atoms with van der Waals surface area (Å²) in [5.74, 6) is 0.894. The van der Waals surface area contributed by atoms with Crippen molar-refractivity contribution in [3.05, 3.63) is 16.5 Å². The average molecular weight is 217 g/mol. The van der Waals surface area contributed by atoms with E-state index in [0.29, 0.717) is 11.0 Å². The van der Waals surface area contributed by atoms with Gasteiger partial charge in [0.2, 0.25) is 5.88 Å². The third-order valence-corrected chi connectivity index (χ3v) is 2.11. The lowest BCUT2D eigenvalue weighted by Gasteiger charge is -2.12. The summed E-state index contributed by atoms with van der Waals surface area (Å²) in [6.45, 7) is 3.71. The highest BCUT2D eigenvalue weighted by atomic mass is 35.5. The molecule has 0 saturated heterocycles. The first-order valence-electron chi connectivity index (χ1n) is 4.31. The highest BCUT2D eigenvalue weighted by molar-refractivity contribution is 6.30. The van der Waals surface area contributed by atoms with Crippen molar-refractivity contribution in [2.75, 3.05) is 7.11 Å². The van der Waals surface area contributed by atoms with Crippen molar-refractivity contribution in [1.29, 1.82) is 0 Å². The smallest absolute Gasteiger partial charge is 0.221 e. The Labute approximate surface area is 87.9 Å². The van der Waals surface area contributed by atoms with E-state index in [-0.39, 0.29) is 18.3 Å². The van der Waals surface area contributed by atoms with Crippen LogP contribution in [0.2, 0.25) is 5.15 Å². The molecule has 1 heterocycles. The summed E-state index contributed by atoms with van der Waals surface area (Å²) in [5, 5.41) is 9.22. The van der Waals surface area contributed by atoms with Crippen LogP contribution >= 0.6 is 11.6 Å². The fraction of sp³-hybridized carbons (Fsp3) is 0.556. The van der Waals surface area contributed by atoms with E-state index < -0.39 is 0 Å². The third kappa shape index (κ3) is 2.13. The Morgan fingerprint density at radius 1 is 1.43 bits per heavy atom. The van der Waals surface area contributed by atoms with Crippen LogP contribution in [-0.2, 0) is 6.61 Å². The summed E-state index contributed by atoms with van der Waals surface area (Å²) >= 11 is 5.94. The molecule has 0 radical (unpaired) electrons. The van der Waals surface area contributed by atoms with E-state index in [0.717, 1.165) is 5.56 Å². The zero-order chi connectivity index (χ0) is 10.7. The van der Waals surface area contributed by atoms with Crippen LogP contribution in [0.3, 0.4) is 0 Å². The van der Waals surface area contributed by atoms with Gasteiger partial charge >= 0.3 is 0 Å². The minimum Gasteiger partial charge on any atom is -0.481 e. The van der Waals surface area contributed by atoms with Crippen molar-refractivity contribution < 1.29 is 9.84 Å². The van der Waals surface area contributed by atoms with Crippen molar-refractivity contribution in [1.82, 2.24) is 9.97 Å². The second kappa shape index (κ2) is 4.57. The van der Waals surface area contributed by atoms with Gasteiger partial charge in [0.25, 0.3) is 0 Å².